The number of hydrogen-bond donors (Lipinski definition) is 1. The van der Waals surface area contributed by atoms with Gasteiger partial charge in [0.25, 0.3) is 0 Å². The van der Waals surface area contributed by atoms with Gasteiger partial charge in [-0.05, 0) is 54.9 Å². The van der Waals surface area contributed by atoms with E-state index in [1.807, 2.05) is 18.2 Å². The standard InChI is InChI=1S/C31H41NO7/c1-7-18(3)15-16-22(8-2)23-11-9-13-25-24(23)12-10-14-26(25)29-28(32)31(38-21(6)35)30(37-20(5)34)27(39-29)17-36-19(4)33/h8,10,12,14-16,23,27-31H,2,7,9,11,13,17,32H2,1,3-6H3. The molecule has 1 heterocycles. The van der Waals surface area contributed by atoms with E-state index in [0.717, 1.165) is 42.4 Å². The molecule has 39 heavy (non-hydrogen) atoms. The predicted octanol–water partition coefficient (Wildman–Crippen LogP) is 4.77. The van der Waals surface area contributed by atoms with E-state index >= 15 is 0 Å². The summed E-state index contributed by atoms with van der Waals surface area (Å²) in [4.78, 5) is 35.6. The number of nitrogens with two attached hydrogens (primary N) is 1. The second-order valence-electron chi connectivity index (χ2n) is 10.2. The van der Waals surface area contributed by atoms with Crippen molar-refractivity contribution in [3.63, 3.8) is 0 Å². The average Bonchev–Trinajstić information content (AvgIpc) is 2.89. The minimum absolute atomic E-state index is 0.168. The lowest BCUT2D eigenvalue weighted by atomic mass is 9.75. The van der Waals surface area contributed by atoms with Gasteiger partial charge in [0.05, 0.1) is 6.04 Å². The third-order valence-electron chi connectivity index (χ3n) is 7.40. The van der Waals surface area contributed by atoms with Crippen molar-refractivity contribution >= 4 is 17.9 Å². The van der Waals surface area contributed by atoms with Gasteiger partial charge in [-0.1, -0.05) is 55.5 Å². The summed E-state index contributed by atoms with van der Waals surface area (Å²) in [6.45, 7) is 11.9. The molecule has 2 N–H and O–H groups in total. The van der Waals surface area contributed by atoms with Crippen LogP contribution in [0.1, 0.15) is 82.6 Å². The first kappa shape index (κ1) is 30.3. The van der Waals surface area contributed by atoms with Crippen LogP contribution in [0.2, 0.25) is 0 Å². The van der Waals surface area contributed by atoms with Crippen molar-refractivity contribution in [3.05, 3.63) is 70.8 Å². The molecule has 1 aromatic carbocycles. The first-order valence-corrected chi connectivity index (χ1v) is 13.6. The highest BCUT2D eigenvalue weighted by Crippen LogP contribution is 2.43. The van der Waals surface area contributed by atoms with E-state index in [9.17, 15) is 14.4 Å². The molecule has 6 unspecified atom stereocenters. The third kappa shape index (κ3) is 7.46. The summed E-state index contributed by atoms with van der Waals surface area (Å²) >= 11 is 0. The fourth-order valence-electron chi connectivity index (χ4n) is 5.42. The van der Waals surface area contributed by atoms with Crippen LogP contribution in [0, 0.1) is 0 Å². The highest BCUT2D eigenvalue weighted by Gasteiger charge is 2.49. The van der Waals surface area contributed by atoms with Crippen LogP contribution in [0.5, 0.6) is 0 Å². The summed E-state index contributed by atoms with van der Waals surface area (Å²) in [5.74, 6) is -1.49. The maximum atomic E-state index is 12.1. The van der Waals surface area contributed by atoms with Gasteiger partial charge in [0.1, 0.15) is 18.8 Å². The molecule has 2 aliphatic rings. The Balaban J connectivity index is 2.06. The Labute approximate surface area is 231 Å². The van der Waals surface area contributed by atoms with Gasteiger partial charge in [-0.2, -0.15) is 0 Å². The van der Waals surface area contributed by atoms with Gasteiger partial charge in [0.15, 0.2) is 12.2 Å². The molecule has 3 rings (SSSR count). The predicted molar refractivity (Wildman–Crippen MR) is 148 cm³/mol. The summed E-state index contributed by atoms with van der Waals surface area (Å²) in [7, 11) is 0. The van der Waals surface area contributed by atoms with Gasteiger partial charge in [0.2, 0.25) is 0 Å². The molecule has 1 saturated heterocycles. The number of carbonyl (C=O) groups excluding carboxylic acids is 3. The van der Waals surface area contributed by atoms with E-state index < -0.39 is 48.4 Å². The Morgan fingerprint density at radius 3 is 2.31 bits per heavy atom. The molecule has 0 saturated carbocycles. The van der Waals surface area contributed by atoms with Crippen molar-refractivity contribution < 1.29 is 33.3 Å². The number of rotatable bonds is 9. The molecule has 0 spiro atoms. The van der Waals surface area contributed by atoms with Crippen LogP contribution in [0.25, 0.3) is 0 Å². The molecule has 1 aliphatic heterocycles. The molecular weight excluding hydrogens is 498 g/mol. The molecule has 8 nitrogen and oxygen atoms in total. The molecule has 1 aliphatic carbocycles. The number of fused-ring (bicyclic) bond motifs is 1. The number of allylic oxidation sites excluding steroid dienone is 5. The zero-order valence-corrected chi connectivity index (χ0v) is 23.6. The number of ether oxygens (including phenoxy) is 4. The van der Waals surface area contributed by atoms with E-state index in [2.05, 4.69) is 38.6 Å². The van der Waals surface area contributed by atoms with Gasteiger partial charge >= 0.3 is 17.9 Å². The summed E-state index contributed by atoms with van der Waals surface area (Å²) in [5, 5.41) is 0. The molecule has 212 valence electrons. The molecule has 0 bridgehead atoms. The van der Waals surface area contributed by atoms with Crippen molar-refractivity contribution in [2.75, 3.05) is 6.61 Å². The maximum absolute atomic E-state index is 12.1. The Bertz CT molecular complexity index is 1140. The lowest BCUT2D eigenvalue weighted by molar-refractivity contribution is -0.221. The van der Waals surface area contributed by atoms with Crippen LogP contribution in [-0.2, 0) is 39.8 Å². The van der Waals surface area contributed by atoms with Crippen LogP contribution in [0.3, 0.4) is 0 Å². The largest absolute Gasteiger partial charge is 0.463 e. The topological polar surface area (TPSA) is 114 Å². The van der Waals surface area contributed by atoms with Crippen molar-refractivity contribution in [1.82, 2.24) is 0 Å². The Hall–Kier alpha value is -3.23. The number of carbonyl (C=O) groups is 3. The van der Waals surface area contributed by atoms with Gasteiger partial charge in [-0.25, -0.2) is 0 Å². The Morgan fingerprint density at radius 1 is 1.03 bits per heavy atom. The smallest absolute Gasteiger partial charge is 0.303 e. The zero-order valence-electron chi connectivity index (χ0n) is 23.6. The molecule has 1 fully saturated rings. The average molecular weight is 540 g/mol. The quantitative estimate of drug-likeness (QED) is 0.271. The van der Waals surface area contributed by atoms with E-state index in [0.29, 0.717) is 0 Å². The number of esters is 3. The Kier molecular flexibility index (Phi) is 10.7. The maximum Gasteiger partial charge on any atom is 0.303 e. The van der Waals surface area contributed by atoms with Crippen molar-refractivity contribution in [1.29, 1.82) is 0 Å². The number of hydrogen-bond acceptors (Lipinski definition) is 8. The highest BCUT2D eigenvalue weighted by molar-refractivity contribution is 5.68. The molecule has 0 amide bonds. The zero-order chi connectivity index (χ0) is 28.7. The molecular formula is C31H41NO7. The minimum atomic E-state index is -1.03. The fourth-order valence-corrected chi connectivity index (χ4v) is 5.42. The van der Waals surface area contributed by atoms with E-state index in [1.165, 1.54) is 31.9 Å². The van der Waals surface area contributed by atoms with Crippen molar-refractivity contribution in [2.45, 2.75) is 96.7 Å². The molecule has 0 aromatic heterocycles. The number of benzene rings is 1. The van der Waals surface area contributed by atoms with Crippen LogP contribution in [-0.4, -0.2) is 48.9 Å². The van der Waals surface area contributed by atoms with E-state index in [-0.39, 0.29) is 12.5 Å². The minimum Gasteiger partial charge on any atom is -0.463 e. The van der Waals surface area contributed by atoms with E-state index in [4.69, 9.17) is 24.7 Å². The molecule has 8 heteroatoms. The lowest BCUT2D eigenvalue weighted by Gasteiger charge is -2.45. The molecule has 0 radical (unpaired) electrons. The summed E-state index contributed by atoms with van der Waals surface area (Å²) in [5.41, 5.74) is 12.4. The normalized spacial score (nSPS) is 27.2. The van der Waals surface area contributed by atoms with Gasteiger partial charge in [0, 0.05) is 26.7 Å². The van der Waals surface area contributed by atoms with Crippen LogP contribution in [0.4, 0.5) is 0 Å². The molecule has 1 aromatic rings. The molecule has 6 atom stereocenters. The summed E-state index contributed by atoms with van der Waals surface area (Å²) < 4.78 is 22.8. The third-order valence-corrected chi connectivity index (χ3v) is 7.40. The highest BCUT2D eigenvalue weighted by atomic mass is 16.6. The van der Waals surface area contributed by atoms with Gasteiger partial charge < -0.3 is 24.7 Å². The SMILES string of the molecule is C=CC(=CC=C(C)CC)C1CCCc2c1cccc2C1OC(COC(C)=O)C(OC(C)=O)C(OC(C)=O)C1N. The fraction of sp³-hybridized carbons (Fsp3) is 0.516. The first-order chi connectivity index (χ1) is 18.6. The summed E-state index contributed by atoms with van der Waals surface area (Å²) in [6.07, 6.45) is 6.40. The Morgan fingerprint density at radius 2 is 1.69 bits per heavy atom. The first-order valence-electron chi connectivity index (χ1n) is 13.6. The van der Waals surface area contributed by atoms with Gasteiger partial charge in [-0.15, -0.1) is 0 Å². The second-order valence-corrected chi connectivity index (χ2v) is 10.2. The van der Waals surface area contributed by atoms with Crippen LogP contribution < -0.4 is 5.73 Å². The van der Waals surface area contributed by atoms with Crippen molar-refractivity contribution in [2.24, 2.45) is 5.73 Å². The van der Waals surface area contributed by atoms with Crippen LogP contribution in [0.15, 0.2) is 54.2 Å². The van der Waals surface area contributed by atoms with Crippen molar-refractivity contribution in [3.8, 4) is 0 Å². The van der Waals surface area contributed by atoms with Gasteiger partial charge in [-0.3, -0.25) is 14.4 Å². The monoisotopic (exact) mass is 539 g/mol. The lowest BCUT2D eigenvalue weighted by Crippen LogP contribution is -2.61. The van der Waals surface area contributed by atoms with E-state index in [1.54, 1.807) is 0 Å². The summed E-state index contributed by atoms with van der Waals surface area (Å²) in [6, 6.07) is 5.26. The van der Waals surface area contributed by atoms with Crippen LogP contribution >= 0.6 is 0 Å². The second kappa shape index (κ2) is 13.7.